The molecule has 3 N–H and O–H groups in total. The third kappa shape index (κ3) is 3.14. The highest BCUT2D eigenvalue weighted by Gasteiger charge is 2.25. The second kappa shape index (κ2) is 5.88. The van der Waals surface area contributed by atoms with E-state index in [0.29, 0.717) is 6.54 Å². The number of hydrogen-bond acceptors (Lipinski definition) is 5. The minimum atomic E-state index is -0.380. The summed E-state index contributed by atoms with van der Waals surface area (Å²) in [5, 5.41) is 2.82. The second-order valence-corrected chi connectivity index (χ2v) is 4.76. The SMILES string of the molecule is COC(=O)NC1CCN(c2ncc(CN)cc2C)C1. The van der Waals surface area contributed by atoms with Crippen molar-refractivity contribution in [2.45, 2.75) is 25.9 Å². The number of rotatable bonds is 3. The number of nitrogens with zero attached hydrogens (tertiary/aromatic N) is 2. The van der Waals surface area contributed by atoms with Crippen molar-refractivity contribution in [2.24, 2.45) is 5.73 Å². The van der Waals surface area contributed by atoms with Crippen LogP contribution in [0.3, 0.4) is 0 Å². The van der Waals surface area contributed by atoms with Gasteiger partial charge < -0.3 is 20.7 Å². The van der Waals surface area contributed by atoms with Crippen LogP contribution in [0.2, 0.25) is 0 Å². The largest absolute Gasteiger partial charge is 0.453 e. The molecule has 1 aromatic rings. The van der Waals surface area contributed by atoms with Crippen molar-refractivity contribution in [3.05, 3.63) is 23.4 Å². The molecule has 6 heteroatoms. The van der Waals surface area contributed by atoms with Crippen LogP contribution in [0.25, 0.3) is 0 Å². The van der Waals surface area contributed by atoms with E-state index in [-0.39, 0.29) is 12.1 Å². The van der Waals surface area contributed by atoms with Crippen LogP contribution in [0.1, 0.15) is 17.5 Å². The summed E-state index contributed by atoms with van der Waals surface area (Å²) >= 11 is 0. The fraction of sp³-hybridized carbons (Fsp3) is 0.538. The second-order valence-electron chi connectivity index (χ2n) is 4.76. The summed E-state index contributed by atoms with van der Waals surface area (Å²) in [6.45, 7) is 4.17. The number of hydrogen-bond donors (Lipinski definition) is 2. The number of carbonyl (C=O) groups excluding carboxylic acids is 1. The Bertz CT molecular complexity index is 464. The first kappa shape index (κ1) is 13.6. The Hall–Kier alpha value is -1.82. The van der Waals surface area contributed by atoms with E-state index < -0.39 is 0 Å². The van der Waals surface area contributed by atoms with Crippen molar-refractivity contribution < 1.29 is 9.53 Å². The van der Waals surface area contributed by atoms with Crippen LogP contribution in [-0.2, 0) is 11.3 Å². The van der Waals surface area contributed by atoms with E-state index in [2.05, 4.69) is 26.0 Å². The molecular weight excluding hydrogens is 244 g/mol. The van der Waals surface area contributed by atoms with Gasteiger partial charge in [0.15, 0.2) is 0 Å². The molecule has 0 aliphatic carbocycles. The molecule has 0 spiro atoms. The van der Waals surface area contributed by atoms with Crippen molar-refractivity contribution in [1.82, 2.24) is 10.3 Å². The first-order valence-electron chi connectivity index (χ1n) is 6.39. The van der Waals surface area contributed by atoms with E-state index in [1.807, 2.05) is 13.1 Å². The van der Waals surface area contributed by atoms with Crippen molar-refractivity contribution in [1.29, 1.82) is 0 Å². The summed E-state index contributed by atoms with van der Waals surface area (Å²) in [5.41, 5.74) is 7.74. The molecule has 104 valence electrons. The van der Waals surface area contributed by atoms with Crippen molar-refractivity contribution >= 4 is 11.9 Å². The number of anilines is 1. The highest BCUT2D eigenvalue weighted by Crippen LogP contribution is 2.22. The summed E-state index contributed by atoms with van der Waals surface area (Å²) in [5.74, 6) is 0.964. The fourth-order valence-corrected chi connectivity index (χ4v) is 2.36. The molecule has 0 aromatic carbocycles. The van der Waals surface area contributed by atoms with Gasteiger partial charge in [-0.2, -0.15) is 0 Å². The van der Waals surface area contributed by atoms with Gasteiger partial charge in [0.2, 0.25) is 0 Å². The topological polar surface area (TPSA) is 80.5 Å². The van der Waals surface area contributed by atoms with Crippen LogP contribution in [0.15, 0.2) is 12.3 Å². The number of aryl methyl sites for hydroxylation is 1. The summed E-state index contributed by atoms with van der Waals surface area (Å²) in [7, 11) is 1.37. The number of aromatic nitrogens is 1. The molecular formula is C13H20N4O2. The molecule has 1 aliphatic rings. The molecule has 1 unspecified atom stereocenters. The average molecular weight is 264 g/mol. The van der Waals surface area contributed by atoms with Crippen molar-refractivity contribution in [2.75, 3.05) is 25.1 Å². The summed E-state index contributed by atoms with van der Waals surface area (Å²) in [6, 6.07) is 2.17. The van der Waals surface area contributed by atoms with Crippen LogP contribution in [-0.4, -0.2) is 37.3 Å². The van der Waals surface area contributed by atoms with Gasteiger partial charge in [-0.15, -0.1) is 0 Å². The van der Waals surface area contributed by atoms with E-state index in [9.17, 15) is 4.79 Å². The minimum Gasteiger partial charge on any atom is -0.453 e. The molecule has 1 aliphatic heterocycles. The molecule has 19 heavy (non-hydrogen) atoms. The fourth-order valence-electron chi connectivity index (χ4n) is 2.36. The standard InChI is InChI=1S/C13H20N4O2/c1-9-5-10(6-14)7-15-12(9)17-4-3-11(8-17)16-13(18)19-2/h5,7,11H,3-4,6,8,14H2,1-2H3,(H,16,18). The molecule has 1 fully saturated rings. The highest BCUT2D eigenvalue weighted by atomic mass is 16.5. The van der Waals surface area contributed by atoms with Gasteiger partial charge >= 0.3 is 6.09 Å². The number of nitrogens with two attached hydrogens (primary N) is 1. The van der Waals surface area contributed by atoms with Crippen LogP contribution < -0.4 is 16.0 Å². The molecule has 1 atom stereocenters. The number of ether oxygens (including phenoxy) is 1. The Balaban J connectivity index is 2.02. The maximum Gasteiger partial charge on any atom is 0.407 e. The van der Waals surface area contributed by atoms with Crippen LogP contribution in [0.4, 0.5) is 10.6 Å². The Labute approximate surface area is 112 Å². The van der Waals surface area contributed by atoms with Gasteiger partial charge in [0.05, 0.1) is 13.2 Å². The Morgan fingerprint density at radius 2 is 2.47 bits per heavy atom. The van der Waals surface area contributed by atoms with E-state index in [4.69, 9.17) is 5.73 Å². The molecule has 2 rings (SSSR count). The lowest BCUT2D eigenvalue weighted by Gasteiger charge is -2.20. The first-order chi connectivity index (χ1) is 9.13. The van der Waals surface area contributed by atoms with Gasteiger partial charge in [-0.05, 0) is 30.5 Å². The van der Waals surface area contributed by atoms with Crippen molar-refractivity contribution in [3.63, 3.8) is 0 Å². The molecule has 0 radical (unpaired) electrons. The molecule has 1 aromatic heterocycles. The average Bonchev–Trinajstić information content (AvgIpc) is 2.86. The van der Waals surface area contributed by atoms with Crippen LogP contribution in [0, 0.1) is 6.92 Å². The summed E-state index contributed by atoms with van der Waals surface area (Å²) < 4.78 is 4.61. The van der Waals surface area contributed by atoms with Gasteiger partial charge in [-0.3, -0.25) is 0 Å². The normalized spacial score (nSPS) is 18.5. The zero-order valence-electron chi connectivity index (χ0n) is 11.3. The monoisotopic (exact) mass is 264 g/mol. The lowest BCUT2D eigenvalue weighted by atomic mass is 10.2. The van der Waals surface area contributed by atoms with E-state index in [1.165, 1.54) is 7.11 Å². The molecule has 1 saturated heterocycles. The van der Waals surface area contributed by atoms with Crippen molar-refractivity contribution in [3.8, 4) is 0 Å². The van der Waals surface area contributed by atoms with Gasteiger partial charge in [0.1, 0.15) is 5.82 Å². The molecule has 0 bridgehead atoms. The minimum absolute atomic E-state index is 0.114. The number of carbonyl (C=O) groups is 1. The van der Waals surface area contributed by atoms with Gasteiger partial charge in [0, 0.05) is 25.8 Å². The number of alkyl carbamates (subject to hydrolysis) is 1. The van der Waals surface area contributed by atoms with Gasteiger partial charge in [-0.25, -0.2) is 9.78 Å². The third-order valence-electron chi connectivity index (χ3n) is 3.34. The Kier molecular flexibility index (Phi) is 4.21. The zero-order chi connectivity index (χ0) is 13.8. The number of methoxy groups -OCH3 is 1. The summed E-state index contributed by atoms with van der Waals surface area (Å²) in [6.07, 6.45) is 2.33. The number of pyridine rings is 1. The maximum absolute atomic E-state index is 11.2. The predicted molar refractivity (Wildman–Crippen MR) is 73.0 cm³/mol. The first-order valence-corrected chi connectivity index (χ1v) is 6.39. The third-order valence-corrected chi connectivity index (χ3v) is 3.34. The quantitative estimate of drug-likeness (QED) is 0.843. The number of nitrogens with one attached hydrogen (secondary N) is 1. The molecule has 0 saturated carbocycles. The smallest absolute Gasteiger partial charge is 0.407 e. The van der Waals surface area contributed by atoms with E-state index in [1.54, 1.807) is 0 Å². The molecule has 2 heterocycles. The highest BCUT2D eigenvalue weighted by molar-refractivity contribution is 5.67. The lowest BCUT2D eigenvalue weighted by Crippen LogP contribution is -2.37. The van der Waals surface area contributed by atoms with Gasteiger partial charge in [0.25, 0.3) is 0 Å². The van der Waals surface area contributed by atoms with Gasteiger partial charge in [-0.1, -0.05) is 0 Å². The maximum atomic E-state index is 11.2. The lowest BCUT2D eigenvalue weighted by molar-refractivity contribution is 0.167. The van der Waals surface area contributed by atoms with E-state index >= 15 is 0 Å². The Morgan fingerprint density at radius 1 is 1.68 bits per heavy atom. The molecule has 1 amide bonds. The van der Waals surface area contributed by atoms with Crippen LogP contribution in [0.5, 0.6) is 0 Å². The summed E-state index contributed by atoms with van der Waals surface area (Å²) in [4.78, 5) is 17.8. The zero-order valence-corrected chi connectivity index (χ0v) is 11.3. The predicted octanol–water partition coefficient (Wildman–Crippen LogP) is 0.783. The van der Waals surface area contributed by atoms with E-state index in [0.717, 1.165) is 36.5 Å². The molecule has 6 nitrogen and oxygen atoms in total. The Morgan fingerprint density at radius 3 is 3.11 bits per heavy atom. The van der Waals surface area contributed by atoms with Crippen LogP contribution >= 0.6 is 0 Å². The number of amides is 1.